The summed E-state index contributed by atoms with van der Waals surface area (Å²) in [6.45, 7) is 4.91. The lowest BCUT2D eigenvalue weighted by Crippen LogP contribution is -2.11. The molecule has 1 N–H and O–H groups in total. The van der Waals surface area contributed by atoms with Crippen molar-refractivity contribution in [3.8, 4) is 0 Å². The number of aliphatic hydroxyl groups is 1. The summed E-state index contributed by atoms with van der Waals surface area (Å²) in [7, 11) is 0. The lowest BCUT2D eigenvalue weighted by molar-refractivity contribution is 0.264. The first kappa shape index (κ1) is 12.8. The summed E-state index contributed by atoms with van der Waals surface area (Å²) in [5, 5.41) is 17.6. The van der Waals surface area contributed by atoms with Gasteiger partial charge < -0.3 is 9.67 Å². The predicted molar refractivity (Wildman–Crippen MR) is 70.2 cm³/mol. The van der Waals surface area contributed by atoms with E-state index in [0.29, 0.717) is 5.82 Å². The minimum atomic E-state index is -0.0634. The van der Waals surface area contributed by atoms with Crippen LogP contribution in [-0.2, 0) is 13.2 Å². The van der Waals surface area contributed by atoms with Gasteiger partial charge in [-0.25, -0.2) is 0 Å². The molecule has 96 valence electrons. The van der Waals surface area contributed by atoms with Gasteiger partial charge in [0.25, 0.3) is 0 Å². The summed E-state index contributed by atoms with van der Waals surface area (Å²) in [5.41, 5.74) is 1.24. The van der Waals surface area contributed by atoms with Crippen molar-refractivity contribution in [1.29, 1.82) is 0 Å². The van der Waals surface area contributed by atoms with Gasteiger partial charge >= 0.3 is 0 Å². The van der Waals surface area contributed by atoms with Crippen LogP contribution in [0.1, 0.15) is 43.4 Å². The maximum absolute atomic E-state index is 9.26. The molecule has 1 heterocycles. The van der Waals surface area contributed by atoms with E-state index in [1.807, 2.05) is 29.7 Å². The Morgan fingerprint density at radius 2 is 1.89 bits per heavy atom. The van der Waals surface area contributed by atoms with Crippen LogP contribution in [-0.4, -0.2) is 19.9 Å². The van der Waals surface area contributed by atoms with Crippen LogP contribution in [0.2, 0.25) is 0 Å². The van der Waals surface area contributed by atoms with Crippen molar-refractivity contribution in [3.05, 3.63) is 47.5 Å². The van der Waals surface area contributed by atoms with E-state index in [1.165, 1.54) is 5.56 Å². The fourth-order valence-corrected chi connectivity index (χ4v) is 2.32. The van der Waals surface area contributed by atoms with Crippen molar-refractivity contribution < 1.29 is 5.11 Å². The summed E-state index contributed by atoms with van der Waals surface area (Å²) in [4.78, 5) is 0. The largest absolute Gasteiger partial charge is 0.388 e. The van der Waals surface area contributed by atoms with Gasteiger partial charge in [-0.05, 0) is 18.9 Å². The molecule has 0 bridgehead atoms. The van der Waals surface area contributed by atoms with Gasteiger partial charge in [0.1, 0.15) is 12.4 Å². The van der Waals surface area contributed by atoms with Crippen LogP contribution in [0.15, 0.2) is 30.3 Å². The quantitative estimate of drug-likeness (QED) is 0.879. The van der Waals surface area contributed by atoms with Gasteiger partial charge in [-0.15, -0.1) is 10.2 Å². The molecule has 0 aliphatic heterocycles. The van der Waals surface area contributed by atoms with E-state index in [9.17, 15) is 5.11 Å². The summed E-state index contributed by atoms with van der Waals surface area (Å²) in [6.07, 6.45) is 0.966. The zero-order valence-electron chi connectivity index (χ0n) is 10.9. The number of hydrogen-bond acceptors (Lipinski definition) is 3. The minimum absolute atomic E-state index is 0.0634. The molecule has 2 rings (SSSR count). The number of aromatic nitrogens is 3. The number of rotatable bonds is 5. The highest BCUT2D eigenvalue weighted by atomic mass is 16.3. The third-order valence-electron chi connectivity index (χ3n) is 3.24. The van der Waals surface area contributed by atoms with Crippen molar-refractivity contribution in [3.63, 3.8) is 0 Å². The fourth-order valence-electron chi connectivity index (χ4n) is 2.32. The normalized spacial score (nSPS) is 12.6. The lowest BCUT2D eigenvalue weighted by atomic mass is 9.95. The van der Waals surface area contributed by atoms with Crippen molar-refractivity contribution in [1.82, 2.24) is 14.8 Å². The zero-order valence-corrected chi connectivity index (χ0v) is 10.9. The third kappa shape index (κ3) is 2.29. The van der Waals surface area contributed by atoms with Crippen LogP contribution < -0.4 is 0 Å². The molecule has 1 atom stereocenters. The minimum Gasteiger partial charge on any atom is -0.388 e. The fraction of sp³-hybridized carbons (Fsp3) is 0.429. The molecule has 1 aromatic heterocycles. The first-order valence-corrected chi connectivity index (χ1v) is 6.39. The molecule has 0 aliphatic rings. The Hall–Kier alpha value is -1.68. The number of aliphatic hydroxyl groups excluding tert-OH is 1. The molecule has 0 aliphatic carbocycles. The van der Waals surface area contributed by atoms with E-state index in [2.05, 4.69) is 29.3 Å². The highest BCUT2D eigenvalue weighted by Crippen LogP contribution is 2.26. The van der Waals surface area contributed by atoms with Crippen LogP contribution in [0.25, 0.3) is 0 Å². The first-order chi connectivity index (χ1) is 8.81. The smallest absolute Gasteiger partial charge is 0.158 e. The Bertz CT molecular complexity index is 493. The van der Waals surface area contributed by atoms with Gasteiger partial charge in [0, 0.05) is 12.5 Å². The molecule has 0 saturated heterocycles. The molecule has 0 radical (unpaired) electrons. The molecule has 18 heavy (non-hydrogen) atoms. The molecule has 4 heteroatoms. The highest BCUT2D eigenvalue weighted by Gasteiger charge is 2.20. The Labute approximate surface area is 107 Å². The summed E-state index contributed by atoms with van der Waals surface area (Å²) in [5.74, 6) is 1.82. The van der Waals surface area contributed by atoms with Crippen LogP contribution in [0.3, 0.4) is 0 Å². The Balaban J connectivity index is 2.42. The maximum Gasteiger partial charge on any atom is 0.158 e. The van der Waals surface area contributed by atoms with Gasteiger partial charge in [-0.3, -0.25) is 0 Å². The van der Waals surface area contributed by atoms with E-state index in [0.717, 1.165) is 18.8 Å². The maximum atomic E-state index is 9.26. The second-order valence-electron chi connectivity index (χ2n) is 4.25. The average molecular weight is 245 g/mol. The number of benzene rings is 1. The molecule has 0 fully saturated rings. The van der Waals surface area contributed by atoms with E-state index in [-0.39, 0.29) is 12.5 Å². The molecule has 1 aromatic carbocycles. The average Bonchev–Trinajstić information content (AvgIpc) is 2.83. The second kappa shape index (κ2) is 5.78. The van der Waals surface area contributed by atoms with Crippen LogP contribution in [0, 0.1) is 0 Å². The van der Waals surface area contributed by atoms with Crippen LogP contribution >= 0.6 is 0 Å². The molecule has 0 amide bonds. The van der Waals surface area contributed by atoms with Crippen LogP contribution in [0.5, 0.6) is 0 Å². The van der Waals surface area contributed by atoms with E-state index < -0.39 is 0 Å². The second-order valence-corrected chi connectivity index (χ2v) is 4.25. The zero-order chi connectivity index (χ0) is 13.0. The van der Waals surface area contributed by atoms with E-state index in [4.69, 9.17) is 0 Å². The molecule has 0 spiro atoms. The third-order valence-corrected chi connectivity index (χ3v) is 3.24. The molecular weight excluding hydrogens is 226 g/mol. The van der Waals surface area contributed by atoms with Gasteiger partial charge in [0.05, 0.1) is 0 Å². The van der Waals surface area contributed by atoms with Crippen molar-refractivity contribution in [2.24, 2.45) is 0 Å². The van der Waals surface area contributed by atoms with Crippen molar-refractivity contribution in [2.75, 3.05) is 0 Å². The lowest BCUT2D eigenvalue weighted by Gasteiger charge is -2.16. The standard InChI is InChI=1S/C14H19N3O/c1-3-12(11-8-6-5-7-9-11)14-16-15-13(10-18)17(14)4-2/h5-9,12,18H,3-4,10H2,1-2H3. The summed E-state index contributed by atoms with van der Waals surface area (Å²) < 4.78 is 2.00. The highest BCUT2D eigenvalue weighted by molar-refractivity contribution is 5.25. The van der Waals surface area contributed by atoms with Crippen molar-refractivity contribution in [2.45, 2.75) is 39.3 Å². The molecular formula is C14H19N3O. The van der Waals surface area contributed by atoms with Gasteiger partial charge in [-0.1, -0.05) is 37.3 Å². The van der Waals surface area contributed by atoms with E-state index >= 15 is 0 Å². The SMILES string of the molecule is CCC(c1ccccc1)c1nnc(CO)n1CC. The Morgan fingerprint density at radius 1 is 1.17 bits per heavy atom. The topological polar surface area (TPSA) is 50.9 Å². The van der Waals surface area contributed by atoms with Gasteiger partial charge in [0.2, 0.25) is 0 Å². The molecule has 4 nitrogen and oxygen atoms in total. The van der Waals surface area contributed by atoms with Crippen molar-refractivity contribution >= 4 is 0 Å². The van der Waals surface area contributed by atoms with E-state index in [1.54, 1.807) is 0 Å². The number of hydrogen-bond donors (Lipinski definition) is 1. The van der Waals surface area contributed by atoms with Gasteiger partial charge in [-0.2, -0.15) is 0 Å². The number of nitrogens with zero attached hydrogens (tertiary/aromatic N) is 3. The summed E-state index contributed by atoms with van der Waals surface area (Å²) in [6, 6.07) is 10.3. The van der Waals surface area contributed by atoms with Gasteiger partial charge in [0.15, 0.2) is 5.82 Å². The first-order valence-electron chi connectivity index (χ1n) is 6.39. The Morgan fingerprint density at radius 3 is 2.44 bits per heavy atom. The monoisotopic (exact) mass is 245 g/mol. The molecule has 0 saturated carbocycles. The Kier molecular flexibility index (Phi) is 4.10. The van der Waals surface area contributed by atoms with Crippen LogP contribution in [0.4, 0.5) is 0 Å². The predicted octanol–water partition coefficient (Wildman–Crippen LogP) is 2.33. The molecule has 2 aromatic rings. The molecule has 1 unspecified atom stereocenters. The summed E-state index contributed by atoms with van der Waals surface area (Å²) >= 11 is 0.